The molecule has 0 bridgehead atoms. The van der Waals surface area contributed by atoms with Gasteiger partial charge in [-0.2, -0.15) is 13.2 Å². The van der Waals surface area contributed by atoms with Gasteiger partial charge < -0.3 is 54.2 Å². The fraction of sp³-hybridized carbons (Fsp3) is 0.735. The van der Waals surface area contributed by atoms with Crippen molar-refractivity contribution in [1.82, 2.24) is 31.9 Å². The molecule has 0 spiro atoms. The minimum absolute atomic E-state index is 0.173. The molecular weight excluding hydrogens is 751 g/mol. The van der Waals surface area contributed by atoms with E-state index >= 15 is 0 Å². The fourth-order valence-electron chi connectivity index (χ4n) is 4.75. The smallest absolute Gasteiger partial charge is 0.475 e. The first kappa shape index (κ1) is 53.1. The maximum atomic E-state index is 13.6. The molecule has 19 nitrogen and oxygen atoms in total. The molecular formula is C34H60F3N9O10. The summed E-state index contributed by atoms with van der Waals surface area (Å²) in [5.74, 6) is -9.32. The molecule has 0 aliphatic rings. The lowest BCUT2D eigenvalue weighted by Crippen LogP contribution is -2.61. The summed E-state index contributed by atoms with van der Waals surface area (Å²) in [7, 11) is 0. The van der Waals surface area contributed by atoms with E-state index in [0.717, 1.165) is 0 Å². The van der Waals surface area contributed by atoms with E-state index in [9.17, 15) is 51.5 Å². The molecule has 0 aromatic rings. The Hall–Kier alpha value is -5.02. The summed E-state index contributed by atoms with van der Waals surface area (Å²) < 4.78 is 31.7. The minimum Gasteiger partial charge on any atom is -0.475 e. The van der Waals surface area contributed by atoms with Crippen LogP contribution in [0.1, 0.15) is 93.9 Å². The molecule has 0 radical (unpaired) electrons. The molecule has 13 N–H and O–H groups in total. The monoisotopic (exact) mass is 811 g/mol. The van der Waals surface area contributed by atoms with E-state index < -0.39 is 107 Å². The number of unbranched alkanes of at least 4 members (excludes halogenated alkanes) is 1. The Balaban J connectivity index is 0. The van der Waals surface area contributed by atoms with E-state index in [-0.39, 0.29) is 25.2 Å². The van der Waals surface area contributed by atoms with Gasteiger partial charge in [-0.3, -0.25) is 38.4 Å². The van der Waals surface area contributed by atoms with Gasteiger partial charge in [-0.1, -0.05) is 48.0 Å². The van der Waals surface area contributed by atoms with Crippen LogP contribution < -0.4 is 49.1 Å². The number of carbonyl (C=O) groups excluding carboxylic acids is 8. The Labute approximate surface area is 324 Å². The third-order valence-corrected chi connectivity index (χ3v) is 8.26. The molecule has 0 aliphatic carbocycles. The van der Waals surface area contributed by atoms with Crippen molar-refractivity contribution in [3.8, 4) is 0 Å². The van der Waals surface area contributed by atoms with E-state index in [0.29, 0.717) is 25.8 Å². The van der Waals surface area contributed by atoms with Crippen LogP contribution in [-0.2, 0) is 43.2 Å². The minimum atomic E-state index is -5.08. The molecule has 8 amide bonds. The number of hydrogen-bond donors (Lipinski definition) is 10. The van der Waals surface area contributed by atoms with Crippen LogP contribution in [0.2, 0.25) is 0 Å². The van der Waals surface area contributed by atoms with Crippen LogP contribution in [0, 0.1) is 17.8 Å². The number of rotatable bonds is 23. The Morgan fingerprint density at radius 3 is 1.48 bits per heavy atom. The van der Waals surface area contributed by atoms with Crippen molar-refractivity contribution in [3.63, 3.8) is 0 Å². The zero-order valence-corrected chi connectivity index (χ0v) is 33.1. The third-order valence-electron chi connectivity index (χ3n) is 8.26. The van der Waals surface area contributed by atoms with Crippen LogP contribution in [0.15, 0.2) is 0 Å². The van der Waals surface area contributed by atoms with Crippen LogP contribution in [-0.4, -0.2) is 107 Å². The summed E-state index contributed by atoms with van der Waals surface area (Å²) in [6.45, 7) is 13.4. The number of halogens is 3. The van der Waals surface area contributed by atoms with Gasteiger partial charge >= 0.3 is 12.1 Å². The highest BCUT2D eigenvalue weighted by molar-refractivity contribution is 5.97. The number of carboxylic acids is 1. The number of hydrogen-bond acceptors (Lipinski definition) is 10. The fourth-order valence-corrected chi connectivity index (χ4v) is 4.75. The lowest BCUT2D eigenvalue weighted by Gasteiger charge is -2.30. The lowest BCUT2D eigenvalue weighted by atomic mass is 9.95. The highest BCUT2D eigenvalue weighted by atomic mass is 19.4. The maximum Gasteiger partial charge on any atom is 0.490 e. The third kappa shape index (κ3) is 21.2. The first-order valence-electron chi connectivity index (χ1n) is 18.1. The van der Waals surface area contributed by atoms with Crippen molar-refractivity contribution in [2.75, 3.05) is 6.54 Å². The topological polar surface area (TPSA) is 324 Å². The number of nitrogens with two attached hydrogens (primary N) is 3. The van der Waals surface area contributed by atoms with Gasteiger partial charge in [0.05, 0.1) is 0 Å². The van der Waals surface area contributed by atoms with Gasteiger partial charge in [0, 0.05) is 13.3 Å². The average Bonchev–Trinajstić information content (AvgIpc) is 3.08. The van der Waals surface area contributed by atoms with Gasteiger partial charge in [-0.25, -0.2) is 4.79 Å². The van der Waals surface area contributed by atoms with E-state index in [1.165, 1.54) is 13.8 Å². The van der Waals surface area contributed by atoms with Crippen LogP contribution in [0.4, 0.5) is 13.2 Å². The summed E-state index contributed by atoms with van der Waals surface area (Å²) in [4.78, 5) is 110. The van der Waals surface area contributed by atoms with Gasteiger partial charge in [0.15, 0.2) is 0 Å². The SMILES string of the molecule is CC[C@H](C)[C@H](NC(=O)[C@H](CCC(N)=O)NC(=O)[C@@H](NC(C)=O)C(C)C)C(=O)N[C@H](C(=O)N[C@@H](C)C(=O)N[C@@H](CCCCN)C(N)=O)C(C)C.O=C(O)C(F)(F)F. The molecule has 7 atom stereocenters. The maximum absolute atomic E-state index is 13.6. The zero-order chi connectivity index (χ0) is 44.1. The second-order valence-electron chi connectivity index (χ2n) is 13.9. The number of carbonyl (C=O) groups is 9. The summed E-state index contributed by atoms with van der Waals surface area (Å²) in [5.41, 5.74) is 16.2. The number of primary amides is 2. The number of amides is 8. The van der Waals surface area contributed by atoms with Crippen LogP contribution in [0.25, 0.3) is 0 Å². The van der Waals surface area contributed by atoms with E-state index in [2.05, 4.69) is 31.9 Å². The Bertz CT molecular complexity index is 1360. The first-order valence-corrected chi connectivity index (χ1v) is 18.1. The van der Waals surface area contributed by atoms with Gasteiger partial charge in [0.1, 0.15) is 36.3 Å². The highest BCUT2D eigenvalue weighted by Crippen LogP contribution is 2.14. The van der Waals surface area contributed by atoms with Crippen LogP contribution in [0.5, 0.6) is 0 Å². The predicted molar refractivity (Wildman–Crippen MR) is 196 cm³/mol. The molecule has 0 fully saturated rings. The Morgan fingerprint density at radius 1 is 0.625 bits per heavy atom. The van der Waals surface area contributed by atoms with Crippen molar-refractivity contribution in [1.29, 1.82) is 0 Å². The standard InChI is InChI=1S/C32H59N9O8.C2HF3O2/c1-9-18(6)26(41-29(46)22(13-14-23(34)43)39-31(48)24(16(2)3)37-20(8)42)32(49)40-25(17(4)5)30(47)36-19(7)28(45)38-21(27(35)44)12-10-11-15-33;3-2(4,5)1(6)7/h16-19,21-22,24-26H,9-15,33H2,1-8H3,(H2,34,43)(H2,35,44)(H,36,47)(H,37,42)(H,38,45)(H,39,48)(H,40,49)(H,41,46);(H,6,7)/t18-,19-,21-,22-,24-,25-,26-;/m0./s1. The summed E-state index contributed by atoms with van der Waals surface area (Å²) in [6.07, 6.45) is -3.58. The number of alkyl halides is 3. The van der Waals surface area contributed by atoms with Gasteiger partial charge in [0.2, 0.25) is 47.3 Å². The molecule has 0 saturated carbocycles. The second-order valence-corrected chi connectivity index (χ2v) is 13.9. The van der Waals surface area contributed by atoms with Crippen molar-refractivity contribution in [3.05, 3.63) is 0 Å². The molecule has 0 saturated heterocycles. The first-order chi connectivity index (χ1) is 25.7. The molecule has 0 aromatic carbocycles. The summed E-state index contributed by atoms with van der Waals surface area (Å²) in [6, 6.07) is -6.58. The average molecular weight is 812 g/mol. The Morgan fingerprint density at radius 2 is 1.07 bits per heavy atom. The highest BCUT2D eigenvalue weighted by Gasteiger charge is 2.38. The molecule has 0 rings (SSSR count). The molecule has 56 heavy (non-hydrogen) atoms. The lowest BCUT2D eigenvalue weighted by molar-refractivity contribution is -0.192. The summed E-state index contributed by atoms with van der Waals surface area (Å²) in [5, 5.41) is 22.6. The van der Waals surface area contributed by atoms with E-state index in [1.807, 2.05) is 0 Å². The van der Waals surface area contributed by atoms with Gasteiger partial charge in [-0.05, 0) is 56.9 Å². The zero-order valence-electron chi connectivity index (χ0n) is 33.1. The number of aliphatic carboxylic acids is 1. The van der Waals surface area contributed by atoms with E-state index in [4.69, 9.17) is 27.1 Å². The molecule has 0 unspecified atom stereocenters. The predicted octanol–water partition coefficient (Wildman–Crippen LogP) is -1.19. The van der Waals surface area contributed by atoms with Crippen molar-refractivity contribution < 1.29 is 61.4 Å². The molecule has 0 heterocycles. The molecule has 0 aliphatic heterocycles. The van der Waals surface area contributed by atoms with Crippen molar-refractivity contribution in [2.24, 2.45) is 35.0 Å². The number of carboxylic acid groups (broad SMARTS) is 1. The van der Waals surface area contributed by atoms with Crippen LogP contribution >= 0.6 is 0 Å². The molecule has 0 aromatic heterocycles. The van der Waals surface area contributed by atoms with Crippen LogP contribution in [0.3, 0.4) is 0 Å². The summed E-state index contributed by atoms with van der Waals surface area (Å²) >= 11 is 0. The molecule has 22 heteroatoms. The van der Waals surface area contributed by atoms with E-state index in [1.54, 1.807) is 41.5 Å². The van der Waals surface area contributed by atoms with Crippen molar-refractivity contribution in [2.45, 2.75) is 136 Å². The van der Waals surface area contributed by atoms with Gasteiger partial charge in [-0.15, -0.1) is 0 Å². The molecule has 322 valence electrons. The second kappa shape index (κ2) is 25.9. The largest absolute Gasteiger partial charge is 0.490 e. The van der Waals surface area contributed by atoms with Crippen molar-refractivity contribution >= 4 is 53.2 Å². The normalized spacial score (nSPS) is 14.9. The quantitative estimate of drug-likeness (QED) is 0.0547. The van der Waals surface area contributed by atoms with Gasteiger partial charge in [0.25, 0.3) is 0 Å². The Kier molecular flexibility index (Phi) is 24.6. The number of nitrogens with one attached hydrogen (secondary N) is 6.